The van der Waals surface area contributed by atoms with Crippen molar-refractivity contribution >= 4 is 28.1 Å². The molecule has 4 nitrogen and oxygen atoms in total. The number of rotatable bonds is 6. The van der Waals surface area contributed by atoms with E-state index in [2.05, 4.69) is 36.5 Å². The third kappa shape index (κ3) is 4.30. The molecule has 2 heterocycles. The molecule has 2 aromatic carbocycles. The number of benzene rings is 2. The van der Waals surface area contributed by atoms with Crippen molar-refractivity contribution in [3.63, 3.8) is 0 Å². The minimum Gasteiger partial charge on any atom is -0.493 e. The van der Waals surface area contributed by atoms with Gasteiger partial charge in [0.2, 0.25) is 0 Å². The fourth-order valence-electron chi connectivity index (χ4n) is 3.17. The van der Waals surface area contributed by atoms with E-state index < -0.39 is 0 Å². The number of fused-ring (bicyclic) bond motifs is 1. The first-order valence-corrected chi connectivity index (χ1v) is 10.5. The lowest BCUT2D eigenvalue weighted by molar-refractivity contribution is 0.0951. The normalized spacial score (nSPS) is 10.8. The molecule has 0 unspecified atom stereocenters. The van der Waals surface area contributed by atoms with E-state index in [-0.39, 0.29) is 5.91 Å². The van der Waals surface area contributed by atoms with E-state index in [1.807, 2.05) is 48.7 Å². The molecule has 1 N–H and O–H groups in total. The highest BCUT2D eigenvalue weighted by Gasteiger charge is 2.13. The minimum absolute atomic E-state index is 0.106. The molecule has 2 aromatic heterocycles. The van der Waals surface area contributed by atoms with Gasteiger partial charge in [0.1, 0.15) is 5.75 Å². The Morgan fingerprint density at radius 3 is 2.66 bits per heavy atom. The topological polar surface area (TPSA) is 51.2 Å². The number of aromatic nitrogens is 1. The van der Waals surface area contributed by atoms with E-state index in [0.29, 0.717) is 18.7 Å². The van der Waals surface area contributed by atoms with Crippen LogP contribution in [0.3, 0.4) is 0 Å². The van der Waals surface area contributed by atoms with Crippen molar-refractivity contribution in [1.29, 1.82) is 0 Å². The smallest absolute Gasteiger partial charge is 0.251 e. The Morgan fingerprint density at radius 2 is 1.93 bits per heavy atom. The van der Waals surface area contributed by atoms with E-state index in [1.165, 1.54) is 5.56 Å². The molecule has 0 atom stereocenters. The molecular formula is C24H22N2O2S. The zero-order valence-electron chi connectivity index (χ0n) is 16.4. The zero-order valence-corrected chi connectivity index (χ0v) is 17.3. The predicted molar refractivity (Wildman–Crippen MR) is 119 cm³/mol. The number of carbonyl (C=O) groups is 1. The summed E-state index contributed by atoms with van der Waals surface area (Å²) in [6, 6.07) is 19.8. The number of nitrogens with zero attached hydrogens (tertiary/aromatic N) is 1. The van der Waals surface area contributed by atoms with Gasteiger partial charge in [0.25, 0.3) is 5.91 Å². The van der Waals surface area contributed by atoms with Gasteiger partial charge >= 0.3 is 0 Å². The van der Waals surface area contributed by atoms with Gasteiger partial charge in [-0.1, -0.05) is 35.9 Å². The van der Waals surface area contributed by atoms with E-state index >= 15 is 0 Å². The summed E-state index contributed by atoms with van der Waals surface area (Å²) in [4.78, 5) is 18.5. The average molecular weight is 403 g/mol. The Bertz CT molecular complexity index is 1140. The number of thiophene rings is 1. The number of aryl methyl sites for hydroxylation is 1. The molecule has 4 aromatic rings. The molecule has 0 aliphatic rings. The molecule has 5 heteroatoms. The molecule has 0 bridgehead atoms. The summed E-state index contributed by atoms with van der Waals surface area (Å²) in [6.07, 6.45) is 0. The van der Waals surface area contributed by atoms with Gasteiger partial charge in [0.05, 0.1) is 24.4 Å². The molecule has 0 aliphatic carbocycles. The predicted octanol–water partition coefficient (Wildman–Crippen LogP) is 5.60. The maximum atomic E-state index is 12.6. The summed E-state index contributed by atoms with van der Waals surface area (Å²) >= 11 is 1.63. The molecule has 0 saturated carbocycles. The molecule has 4 rings (SSSR count). The number of nitrogens with one attached hydrogen (secondary N) is 1. The maximum Gasteiger partial charge on any atom is 0.251 e. The molecule has 0 fully saturated rings. The van der Waals surface area contributed by atoms with Crippen LogP contribution in [0.5, 0.6) is 5.75 Å². The van der Waals surface area contributed by atoms with Crippen molar-refractivity contribution in [3.05, 3.63) is 82.0 Å². The Labute approximate surface area is 174 Å². The summed E-state index contributed by atoms with van der Waals surface area (Å²) < 4.78 is 5.89. The summed E-state index contributed by atoms with van der Waals surface area (Å²) in [5.74, 6) is 0.631. The maximum absolute atomic E-state index is 12.6. The van der Waals surface area contributed by atoms with Gasteiger partial charge in [-0.15, -0.1) is 11.3 Å². The second-order valence-corrected chi connectivity index (χ2v) is 7.83. The molecule has 0 spiro atoms. The van der Waals surface area contributed by atoms with E-state index in [0.717, 1.165) is 32.8 Å². The summed E-state index contributed by atoms with van der Waals surface area (Å²) in [6.45, 7) is 5.09. The first-order valence-electron chi connectivity index (χ1n) is 9.59. The Balaban J connectivity index is 1.67. The SMILES string of the molecule is CCOc1cc(-c2ccc(C)cc2)nc2ccc(C(=O)NCc3cccs3)cc12. The summed E-state index contributed by atoms with van der Waals surface area (Å²) in [7, 11) is 0. The fraction of sp³-hybridized carbons (Fsp3) is 0.167. The number of carbonyl (C=O) groups excluding carboxylic acids is 1. The molecular weight excluding hydrogens is 380 g/mol. The molecule has 0 aliphatic heterocycles. The Kier molecular flexibility index (Phi) is 5.58. The minimum atomic E-state index is -0.106. The number of pyridine rings is 1. The van der Waals surface area contributed by atoms with Crippen LogP contribution in [0, 0.1) is 6.92 Å². The second-order valence-electron chi connectivity index (χ2n) is 6.80. The molecule has 0 radical (unpaired) electrons. The lowest BCUT2D eigenvalue weighted by Gasteiger charge is -2.12. The van der Waals surface area contributed by atoms with Crippen LogP contribution >= 0.6 is 11.3 Å². The van der Waals surface area contributed by atoms with Crippen molar-refractivity contribution < 1.29 is 9.53 Å². The van der Waals surface area contributed by atoms with E-state index in [4.69, 9.17) is 9.72 Å². The first-order chi connectivity index (χ1) is 14.1. The zero-order chi connectivity index (χ0) is 20.2. The van der Waals surface area contributed by atoms with E-state index in [9.17, 15) is 4.79 Å². The van der Waals surface area contributed by atoms with Crippen LogP contribution in [0.15, 0.2) is 66.0 Å². The van der Waals surface area contributed by atoms with Crippen molar-refractivity contribution in [3.8, 4) is 17.0 Å². The van der Waals surface area contributed by atoms with Crippen molar-refractivity contribution in [1.82, 2.24) is 10.3 Å². The molecule has 29 heavy (non-hydrogen) atoms. The van der Waals surface area contributed by atoms with Crippen molar-refractivity contribution in [2.75, 3.05) is 6.61 Å². The van der Waals surface area contributed by atoms with Crippen LogP contribution in [-0.2, 0) is 6.54 Å². The quantitative estimate of drug-likeness (QED) is 0.457. The number of hydrogen-bond donors (Lipinski definition) is 1. The Morgan fingerprint density at radius 1 is 1.10 bits per heavy atom. The number of ether oxygens (including phenoxy) is 1. The van der Waals surface area contributed by atoms with E-state index in [1.54, 1.807) is 11.3 Å². The van der Waals surface area contributed by atoms with Gasteiger partial charge in [0, 0.05) is 27.5 Å². The van der Waals surface area contributed by atoms with Crippen molar-refractivity contribution in [2.45, 2.75) is 20.4 Å². The third-order valence-corrected chi connectivity index (χ3v) is 5.56. The van der Waals surface area contributed by atoms with Crippen molar-refractivity contribution in [2.24, 2.45) is 0 Å². The average Bonchev–Trinajstić information content (AvgIpc) is 3.26. The van der Waals surface area contributed by atoms with Crippen LogP contribution < -0.4 is 10.1 Å². The van der Waals surface area contributed by atoms with Gasteiger partial charge in [-0.3, -0.25) is 4.79 Å². The number of hydrogen-bond acceptors (Lipinski definition) is 4. The van der Waals surface area contributed by atoms with Gasteiger partial charge in [-0.2, -0.15) is 0 Å². The Hall–Kier alpha value is -3.18. The largest absolute Gasteiger partial charge is 0.493 e. The van der Waals surface area contributed by atoms with Crippen LogP contribution in [0.2, 0.25) is 0 Å². The van der Waals surface area contributed by atoms with Crippen LogP contribution in [0.1, 0.15) is 27.7 Å². The summed E-state index contributed by atoms with van der Waals surface area (Å²) in [5, 5.41) is 5.81. The monoisotopic (exact) mass is 402 g/mol. The van der Waals surface area contributed by atoms with Gasteiger partial charge < -0.3 is 10.1 Å². The van der Waals surface area contributed by atoms with Gasteiger partial charge in [-0.25, -0.2) is 4.98 Å². The standard InChI is InChI=1S/C24H22N2O2S/c1-3-28-23-14-22(17-8-6-16(2)7-9-17)26-21-11-10-18(13-20(21)23)24(27)25-15-19-5-4-12-29-19/h4-14H,3,15H2,1-2H3,(H,25,27). The highest BCUT2D eigenvalue weighted by Crippen LogP contribution is 2.31. The first kappa shape index (κ1) is 19.2. The van der Waals surface area contributed by atoms with Crippen LogP contribution in [0.25, 0.3) is 22.2 Å². The highest BCUT2D eigenvalue weighted by atomic mass is 32.1. The second kappa shape index (κ2) is 8.45. The lowest BCUT2D eigenvalue weighted by Crippen LogP contribution is -2.22. The lowest BCUT2D eigenvalue weighted by atomic mass is 10.1. The molecule has 0 saturated heterocycles. The summed E-state index contributed by atoms with van der Waals surface area (Å²) in [5.41, 5.74) is 4.51. The number of amides is 1. The highest BCUT2D eigenvalue weighted by molar-refractivity contribution is 7.09. The fourth-order valence-corrected chi connectivity index (χ4v) is 3.81. The van der Waals surface area contributed by atoms with Gasteiger partial charge in [-0.05, 0) is 43.5 Å². The van der Waals surface area contributed by atoms with Crippen LogP contribution in [0.4, 0.5) is 0 Å². The molecule has 1 amide bonds. The van der Waals surface area contributed by atoms with Gasteiger partial charge in [0.15, 0.2) is 0 Å². The molecule has 146 valence electrons. The van der Waals surface area contributed by atoms with Crippen LogP contribution in [-0.4, -0.2) is 17.5 Å². The third-order valence-electron chi connectivity index (χ3n) is 4.68.